The average molecular weight is 1510 g/mol. The van der Waals surface area contributed by atoms with Crippen LogP contribution in [-0.4, -0.2) is 96.7 Å². The Balaban J connectivity index is 5.23. The monoisotopic (exact) mass is 1510 g/mol. The van der Waals surface area contributed by atoms with Crippen molar-refractivity contribution in [1.82, 2.24) is 0 Å². The van der Waals surface area contributed by atoms with Crippen molar-refractivity contribution in [3.63, 3.8) is 0 Å². The van der Waals surface area contributed by atoms with Gasteiger partial charge >= 0.3 is 39.5 Å². The first kappa shape index (κ1) is 101. The smallest absolute Gasteiger partial charge is 0.462 e. The van der Waals surface area contributed by atoms with Crippen molar-refractivity contribution in [2.75, 3.05) is 39.6 Å². The molecule has 17 nitrogen and oxygen atoms in total. The molecule has 3 N–H and O–H groups in total. The molecule has 0 aliphatic carbocycles. The Bertz CT molecular complexity index is 1980. The molecule has 3 unspecified atom stereocenters. The maximum atomic E-state index is 13.1. The van der Waals surface area contributed by atoms with Crippen molar-refractivity contribution in [2.45, 2.75) is 464 Å². The second kappa shape index (κ2) is 75.5. The van der Waals surface area contributed by atoms with Crippen LogP contribution in [0.1, 0.15) is 446 Å². The van der Waals surface area contributed by atoms with Crippen LogP contribution >= 0.6 is 15.6 Å². The number of aliphatic hydroxyl groups is 1. The van der Waals surface area contributed by atoms with Crippen LogP contribution in [0.15, 0.2) is 0 Å². The average Bonchev–Trinajstić information content (AvgIpc) is 0.915. The zero-order valence-corrected chi connectivity index (χ0v) is 69.4. The fraction of sp³-hybridized carbons (Fsp3) is 0.952. The second-order valence-electron chi connectivity index (χ2n) is 30.9. The third-order valence-corrected chi connectivity index (χ3v) is 22.0. The van der Waals surface area contributed by atoms with E-state index in [0.717, 1.165) is 102 Å². The molecular formula is C84H164O17P2. The number of esters is 4. The Morgan fingerprint density at radius 2 is 0.495 bits per heavy atom. The van der Waals surface area contributed by atoms with Gasteiger partial charge in [-0.1, -0.05) is 395 Å². The number of carbonyl (C=O) groups is 4. The zero-order chi connectivity index (χ0) is 75.6. The summed E-state index contributed by atoms with van der Waals surface area (Å²) in [7, 11) is -9.93. The van der Waals surface area contributed by atoms with Crippen molar-refractivity contribution in [2.24, 2.45) is 11.8 Å². The molecule has 6 atom stereocenters. The molecule has 103 heavy (non-hydrogen) atoms. The molecule has 612 valence electrons. The highest BCUT2D eigenvalue weighted by Gasteiger charge is 2.30. The number of rotatable bonds is 83. The van der Waals surface area contributed by atoms with Crippen LogP contribution in [0.4, 0.5) is 0 Å². The Labute approximate surface area is 632 Å². The quantitative estimate of drug-likeness (QED) is 0.0222. The summed E-state index contributed by atoms with van der Waals surface area (Å²) in [6, 6.07) is 0. The summed E-state index contributed by atoms with van der Waals surface area (Å²) in [4.78, 5) is 73.2. The predicted molar refractivity (Wildman–Crippen MR) is 423 cm³/mol. The van der Waals surface area contributed by atoms with Crippen LogP contribution in [0.5, 0.6) is 0 Å². The third kappa shape index (κ3) is 76.6. The molecule has 0 amide bonds. The molecule has 0 aliphatic rings. The van der Waals surface area contributed by atoms with Crippen molar-refractivity contribution >= 4 is 39.5 Å². The first-order chi connectivity index (χ1) is 49.9. The van der Waals surface area contributed by atoms with E-state index in [9.17, 15) is 43.2 Å². The minimum Gasteiger partial charge on any atom is -0.462 e. The lowest BCUT2D eigenvalue weighted by molar-refractivity contribution is -0.161. The van der Waals surface area contributed by atoms with E-state index >= 15 is 0 Å². The van der Waals surface area contributed by atoms with E-state index in [2.05, 4.69) is 41.5 Å². The van der Waals surface area contributed by atoms with E-state index in [0.29, 0.717) is 25.7 Å². The summed E-state index contributed by atoms with van der Waals surface area (Å²) in [6.07, 6.45) is 66.6. The summed E-state index contributed by atoms with van der Waals surface area (Å²) in [5.41, 5.74) is 0. The number of hydrogen-bond donors (Lipinski definition) is 3. The lowest BCUT2D eigenvalue weighted by atomic mass is 9.99. The van der Waals surface area contributed by atoms with Gasteiger partial charge in [0.1, 0.15) is 19.3 Å². The number of phosphoric ester groups is 2. The van der Waals surface area contributed by atoms with Crippen molar-refractivity contribution < 1.29 is 80.2 Å². The number of phosphoric acid groups is 2. The molecule has 0 heterocycles. The van der Waals surface area contributed by atoms with Gasteiger partial charge in [-0.3, -0.25) is 37.3 Å². The van der Waals surface area contributed by atoms with Gasteiger partial charge in [-0.05, 0) is 37.5 Å². The number of unbranched alkanes of at least 4 members (excludes halogenated alkanes) is 52. The molecule has 0 aromatic rings. The minimum absolute atomic E-state index is 0.106. The molecule has 0 aliphatic heterocycles. The molecule has 0 aromatic carbocycles. The molecule has 0 bridgehead atoms. The van der Waals surface area contributed by atoms with E-state index in [4.69, 9.17) is 37.0 Å². The van der Waals surface area contributed by atoms with Crippen LogP contribution < -0.4 is 0 Å². The first-order valence-corrected chi connectivity index (χ1v) is 46.5. The molecule has 19 heteroatoms. The van der Waals surface area contributed by atoms with E-state index in [1.807, 2.05) is 0 Å². The van der Waals surface area contributed by atoms with E-state index < -0.39 is 97.5 Å². The van der Waals surface area contributed by atoms with Gasteiger partial charge in [0.05, 0.1) is 26.4 Å². The fourth-order valence-electron chi connectivity index (χ4n) is 13.0. The van der Waals surface area contributed by atoms with Crippen LogP contribution in [0.3, 0.4) is 0 Å². The fourth-order valence-corrected chi connectivity index (χ4v) is 14.6. The van der Waals surface area contributed by atoms with Gasteiger partial charge in [0.15, 0.2) is 12.2 Å². The van der Waals surface area contributed by atoms with E-state index in [1.165, 1.54) is 263 Å². The molecule has 0 radical (unpaired) electrons. The zero-order valence-electron chi connectivity index (χ0n) is 67.6. The van der Waals surface area contributed by atoms with Gasteiger partial charge in [-0.2, -0.15) is 0 Å². The van der Waals surface area contributed by atoms with Crippen LogP contribution in [0.2, 0.25) is 0 Å². The number of ether oxygens (including phenoxy) is 4. The topological polar surface area (TPSA) is 237 Å². The molecule has 0 fully saturated rings. The Kier molecular flexibility index (Phi) is 74.1. The van der Waals surface area contributed by atoms with Gasteiger partial charge in [0, 0.05) is 25.7 Å². The molecule has 0 spiro atoms. The molecule has 0 saturated heterocycles. The second-order valence-corrected chi connectivity index (χ2v) is 33.8. The highest BCUT2D eigenvalue weighted by atomic mass is 31.2. The highest BCUT2D eigenvalue weighted by Crippen LogP contribution is 2.45. The van der Waals surface area contributed by atoms with Crippen molar-refractivity contribution in [1.29, 1.82) is 0 Å². The summed E-state index contributed by atoms with van der Waals surface area (Å²) in [6.45, 7) is 9.66. The van der Waals surface area contributed by atoms with Gasteiger partial charge in [0.25, 0.3) is 0 Å². The molecular weight excluding hydrogens is 1340 g/mol. The Morgan fingerprint density at radius 3 is 0.738 bits per heavy atom. The summed E-state index contributed by atoms with van der Waals surface area (Å²) in [5, 5.41) is 10.7. The summed E-state index contributed by atoms with van der Waals surface area (Å²) < 4.78 is 68.8. The van der Waals surface area contributed by atoms with Gasteiger partial charge in [0.2, 0.25) is 0 Å². The molecule has 0 rings (SSSR count). The highest BCUT2D eigenvalue weighted by molar-refractivity contribution is 7.47. The van der Waals surface area contributed by atoms with Gasteiger partial charge in [-0.15, -0.1) is 0 Å². The number of hydrogen-bond acceptors (Lipinski definition) is 15. The third-order valence-electron chi connectivity index (χ3n) is 20.1. The first-order valence-electron chi connectivity index (χ1n) is 43.5. The van der Waals surface area contributed by atoms with Crippen LogP contribution in [0, 0.1) is 11.8 Å². The minimum atomic E-state index is -4.96. The Hall–Kier alpha value is -1.94. The standard InChI is InChI=1S/C84H164O17P2/c1-7-10-12-14-16-18-20-22-24-25-26-27-28-29-30-32-34-38-42-50-56-62-68-83(88)100-79(72-94-81(86)66-60-54-48-41-37-33-31-23-21-19-17-15-13-11-8-2)74-98-102(90,91)96-70-78(85)71-97-103(92,93)99-75-80(73-95-82(87)67-61-55-49-45-44-47-53-59-65-77(6)9-3)101-84(89)69-63-57-51-43-39-35-36-40-46-52-58-64-76(4)5/h76-80,85H,7-75H2,1-6H3,(H,90,91)(H,92,93)/t77?,78-,79-,80-/m1/s1. The lowest BCUT2D eigenvalue weighted by Crippen LogP contribution is -2.30. The van der Waals surface area contributed by atoms with E-state index in [-0.39, 0.29) is 25.7 Å². The molecule has 0 aromatic heterocycles. The number of aliphatic hydroxyl groups excluding tert-OH is 1. The summed E-state index contributed by atoms with van der Waals surface area (Å²) >= 11 is 0. The maximum absolute atomic E-state index is 13.1. The summed E-state index contributed by atoms with van der Waals surface area (Å²) in [5.74, 6) is -0.563. The number of carbonyl (C=O) groups excluding carboxylic acids is 4. The van der Waals surface area contributed by atoms with Gasteiger partial charge < -0.3 is 33.8 Å². The van der Waals surface area contributed by atoms with Crippen LogP contribution in [0.25, 0.3) is 0 Å². The normalized spacial score (nSPS) is 14.1. The van der Waals surface area contributed by atoms with E-state index in [1.54, 1.807) is 0 Å². The van der Waals surface area contributed by atoms with Crippen molar-refractivity contribution in [3.05, 3.63) is 0 Å². The maximum Gasteiger partial charge on any atom is 0.472 e. The predicted octanol–water partition coefficient (Wildman–Crippen LogP) is 25.5. The van der Waals surface area contributed by atoms with Crippen molar-refractivity contribution in [3.8, 4) is 0 Å². The lowest BCUT2D eigenvalue weighted by Gasteiger charge is -2.21. The van der Waals surface area contributed by atoms with Gasteiger partial charge in [-0.25, -0.2) is 9.13 Å². The molecule has 0 saturated carbocycles. The largest absolute Gasteiger partial charge is 0.472 e. The SMILES string of the molecule is CCCCCCCCCCCCCCCCCCCCCCCCC(=O)O[C@H](COC(=O)CCCCCCCCCCCCCCCCC)COP(=O)(O)OC[C@@H](O)COP(=O)(O)OC[C@@H](COC(=O)CCCCCCCCCCC(C)CC)OC(=O)CCCCCCCCCCCCCC(C)C. The Morgan fingerprint density at radius 1 is 0.282 bits per heavy atom. The van der Waals surface area contributed by atoms with Crippen LogP contribution in [-0.2, 0) is 65.4 Å².